The molecule has 2 N–H and O–H groups in total. The second-order valence-electron chi connectivity index (χ2n) is 4.30. The maximum Gasteiger partial charge on any atom is 0.244 e. The van der Waals surface area contributed by atoms with E-state index in [-0.39, 0.29) is 11.8 Å². The third kappa shape index (κ3) is 5.70. The Morgan fingerprint density at radius 3 is 2.74 bits per heavy atom. The van der Waals surface area contributed by atoms with Crippen molar-refractivity contribution in [3.05, 3.63) is 28.0 Å². The highest BCUT2D eigenvalue weighted by Crippen LogP contribution is 2.16. The summed E-state index contributed by atoms with van der Waals surface area (Å²) in [5.41, 5.74) is 0. The van der Waals surface area contributed by atoms with Gasteiger partial charge in [0.25, 0.3) is 0 Å². The Balaban J connectivity index is 2.42. The molecule has 1 unspecified atom stereocenters. The lowest BCUT2D eigenvalue weighted by molar-refractivity contribution is -0.126. The molecule has 104 valence electrons. The van der Waals surface area contributed by atoms with Gasteiger partial charge in [-0.1, -0.05) is 6.92 Å². The van der Waals surface area contributed by atoms with Gasteiger partial charge in [0.2, 0.25) is 11.8 Å². The fraction of sp³-hybridized carbons (Fsp3) is 0.429. The average Bonchev–Trinajstić information content (AvgIpc) is 2.79. The predicted molar refractivity (Wildman–Crippen MR) is 79.0 cm³/mol. The maximum absolute atomic E-state index is 11.6. The lowest BCUT2D eigenvalue weighted by Crippen LogP contribution is -2.44. The van der Waals surface area contributed by atoms with Crippen molar-refractivity contribution in [1.29, 1.82) is 0 Å². The molecule has 0 aliphatic carbocycles. The molecule has 1 rings (SSSR count). The highest BCUT2D eigenvalue weighted by Gasteiger charge is 2.12. The van der Waals surface area contributed by atoms with E-state index in [1.165, 1.54) is 11.0 Å². The summed E-state index contributed by atoms with van der Waals surface area (Å²) in [4.78, 5) is 25.4. The van der Waals surface area contributed by atoms with Crippen molar-refractivity contribution in [1.82, 2.24) is 10.6 Å². The van der Waals surface area contributed by atoms with E-state index in [1.54, 1.807) is 24.3 Å². The quantitative estimate of drug-likeness (QED) is 0.784. The van der Waals surface area contributed by atoms with E-state index in [1.807, 2.05) is 26.0 Å². The normalized spacial score (nSPS) is 12.4. The molecule has 0 fully saturated rings. The number of thiophene rings is 1. The molecule has 4 nitrogen and oxygen atoms in total. The molecule has 0 spiro atoms. The molecule has 0 saturated heterocycles. The SMILES string of the molecule is CCCNC(=O)C(C)NC(=O)/C=C/c1ccc(C)s1. The minimum Gasteiger partial charge on any atom is -0.354 e. The third-order valence-corrected chi connectivity index (χ3v) is 3.43. The van der Waals surface area contributed by atoms with Crippen molar-refractivity contribution in [2.24, 2.45) is 0 Å². The molecule has 5 heteroatoms. The number of hydrogen-bond acceptors (Lipinski definition) is 3. The largest absolute Gasteiger partial charge is 0.354 e. The Hall–Kier alpha value is -1.62. The minimum absolute atomic E-state index is 0.157. The summed E-state index contributed by atoms with van der Waals surface area (Å²) in [5, 5.41) is 5.37. The highest BCUT2D eigenvalue weighted by atomic mass is 32.1. The lowest BCUT2D eigenvalue weighted by Gasteiger charge is -2.12. The van der Waals surface area contributed by atoms with Gasteiger partial charge in [0.15, 0.2) is 0 Å². The highest BCUT2D eigenvalue weighted by molar-refractivity contribution is 7.12. The molecule has 1 aromatic rings. The minimum atomic E-state index is -0.520. The van der Waals surface area contributed by atoms with Crippen LogP contribution in [-0.4, -0.2) is 24.4 Å². The standard InChI is InChI=1S/C14H20N2O2S/c1-4-9-15-14(18)11(3)16-13(17)8-7-12-6-5-10(2)19-12/h5-8,11H,4,9H2,1-3H3,(H,15,18)(H,16,17)/b8-7+. The number of amides is 2. The number of carbonyl (C=O) groups excluding carboxylic acids is 2. The molecule has 0 aliphatic rings. The second-order valence-corrected chi connectivity index (χ2v) is 5.62. The number of carbonyl (C=O) groups is 2. The Kier molecular flexibility index (Phi) is 6.29. The van der Waals surface area contributed by atoms with Crippen LogP contribution < -0.4 is 10.6 Å². The molecule has 0 radical (unpaired) electrons. The van der Waals surface area contributed by atoms with E-state index in [9.17, 15) is 9.59 Å². The summed E-state index contributed by atoms with van der Waals surface area (Å²) in [5.74, 6) is -0.416. The number of hydrogen-bond donors (Lipinski definition) is 2. The first-order valence-corrected chi connectivity index (χ1v) is 7.17. The van der Waals surface area contributed by atoms with Gasteiger partial charge in [-0.05, 0) is 38.5 Å². The van der Waals surface area contributed by atoms with Gasteiger partial charge in [0.1, 0.15) is 6.04 Å². The van der Waals surface area contributed by atoms with E-state index in [4.69, 9.17) is 0 Å². The Bertz CT molecular complexity index is 466. The lowest BCUT2D eigenvalue weighted by atomic mass is 10.3. The molecule has 0 aromatic carbocycles. The summed E-state index contributed by atoms with van der Waals surface area (Å²) in [6.07, 6.45) is 4.09. The number of aryl methyl sites for hydroxylation is 1. The summed E-state index contributed by atoms with van der Waals surface area (Å²) < 4.78 is 0. The molecular weight excluding hydrogens is 260 g/mol. The molecule has 1 aromatic heterocycles. The molecule has 2 amide bonds. The van der Waals surface area contributed by atoms with Gasteiger partial charge in [-0.2, -0.15) is 0 Å². The molecule has 0 bridgehead atoms. The molecule has 0 aliphatic heterocycles. The van der Waals surface area contributed by atoms with Gasteiger partial charge in [0.05, 0.1) is 0 Å². The van der Waals surface area contributed by atoms with E-state index in [0.29, 0.717) is 6.54 Å². The van der Waals surface area contributed by atoms with E-state index in [2.05, 4.69) is 10.6 Å². The van der Waals surface area contributed by atoms with E-state index in [0.717, 1.165) is 11.3 Å². The van der Waals surface area contributed by atoms with Crippen LogP contribution in [0.1, 0.15) is 30.0 Å². The van der Waals surface area contributed by atoms with Gasteiger partial charge < -0.3 is 10.6 Å². The van der Waals surface area contributed by atoms with Crippen LogP contribution in [0.5, 0.6) is 0 Å². The van der Waals surface area contributed by atoms with Gasteiger partial charge >= 0.3 is 0 Å². The van der Waals surface area contributed by atoms with Crippen LogP contribution in [-0.2, 0) is 9.59 Å². The van der Waals surface area contributed by atoms with Crippen molar-refractivity contribution in [2.75, 3.05) is 6.54 Å². The fourth-order valence-electron chi connectivity index (χ4n) is 1.43. The topological polar surface area (TPSA) is 58.2 Å². The van der Waals surface area contributed by atoms with E-state index >= 15 is 0 Å². The third-order valence-electron chi connectivity index (χ3n) is 2.46. The molecule has 1 heterocycles. The van der Waals surface area contributed by atoms with E-state index < -0.39 is 6.04 Å². The Morgan fingerprint density at radius 1 is 1.42 bits per heavy atom. The molecule has 0 saturated carbocycles. The van der Waals surface area contributed by atoms with Gasteiger partial charge in [-0.25, -0.2) is 0 Å². The summed E-state index contributed by atoms with van der Waals surface area (Å²) in [6.45, 7) is 6.30. The average molecular weight is 280 g/mol. The summed E-state index contributed by atoms with van der Waals surface area (Å²) in [6, 6.07) is 3.44. The van der Waals surface area contributed by atoms with Crippen LogP contribution in [0.4, 0.5) is 0 Å². The molecular formula is C14H20N2O2S. The zero-order valence-electron chi connectivity index (χ0n) is 11.5. The zero-order valence-corrected chi connectivity index (χ0v) is 12.3. The van der Waals surface area contributed by atoms with Crippen molar-refractivity contribution in [2.45, 2.75) is 33.2 Å². The predicted octanol–water partition coefficient (Wildman–Crippen LogP) is 2.10. The van der Waals surface area contributed by atoms with Crippen molar-refractivity contribution in [3.63, 3.8) is 0 Å². The van der Waals surface area contributed by atoms with Gasteiger partial charge in [0, 0.05) is 22.4 Å². The first kappa shape index (κ1) is 15.4. The van der Waals surface area contributed by atoms with Gasteiger partial charge in [-0.3, -0.25) is 9.59 Å². The van der Waals surface area contributed by atoms with Crippen LogP contribution in [0.25, 0.3) is 6.08 Å². The van der Waals surface area contributed by atoms with Crippen LogP contribution in [0.15, 0.2) is 18.2 Å². The second kappa shape index (κ2) is 7.74. The number of nitrogens with one attached hydrogen (secondary N) is 2. The zero-order chi connectivity index (χ0) is 14.3. The number of rotatable bonds is 6. The first-order chi connectivity index (χ1) is 9.02. The Morgan fingerprint density at radius 2 is 2.16 bits per heavy atom. The maximum atomic E-state index is 11.6. The summed E-state index contributed by atoms with van der Waals surface area (Å²) in [7, 11) is 0. The van der Waals surface area contributed by atoms with Gasteiger partial charge in [-0.15, -0.1) is 11.3 Å². The monoisotopic (exact) mass is 280 g/mol. The smallest absolute Gasteiger partial charge is 0.244 e. The first-order valence-electron chi connectivity index (χ1n) is 6.35. The van der Waals surface area contributed by atoms with Crippen molar-refractivity contribution in [3.8, 4) is 0 Å². The molecule has 1 atom stereocenters. The van der Waals surface area contributed by atoms with Crippen molar-refractivity contribution >= 4 is 29.2 Å². The van der Waals surface area contributed by atoms with Crippen molar-refractivity contribution < 1.29 is 9.59 Å². The molecule has 19 heavy (non-hydrogen) atoms. The fourth-order valence-corrected chi connectivity index (χ4v) is 2.21. The Labute approximate surface area is 117 Å². The van der Waals surface area contributed by atoms with Crippen LogP contribution in [0.3, 0.4) is 0 Å². The summed E-state index contributed by atoms with van der Waals surface area (Å²) >= 11 is 1.62. The van der Waals surface area contributed by atoms with Crippen LogP contribution >= 0.6 is 11.3 Å². The van der Waals surface area contributed by atoms with Crippen LogP contribution in [0, 0.1) is 6.92 Å². The van der Waals surface area contributed by atoms with Crippen LogP contribution in [0.2, 0.25) is 0 Å².